The van der Waals surface area contributed by atoms with Crippen molar-refractivity contribution in [1.82, 2.24) is 0 Å². The van der Waals surface area contributed by atoms with E-state index in [1.807, 2.05) is 6.92 Å². The fraction of sp³-hybridized carbons (Fsp3) is 1.00. The quantitative estimate of drug-likeness (QED) is 0.102. The molecule has 12 atom stereocenters. The topological polar surface area (TPSA) is 208 Å². The lowest BCUT2D eigenvalue weighted by Crippen LogP contribution is -2.64. The van der Waals surface area contributed by atoms with E-state index in [-0.39, 0.29) is 19.3 Å². The van der Waals surface area contributed by atoms with Gasteiger partial charge in [0.25, 0.3) is 0 Å². The van der Waals surface area contributed by atoms with Crippen molar-refractivity contribution in [2.75, 3.05) is 26.4 Å². The molecule has 2 aliphatic rings. The van der Waals surface area contributed by atoms with Gasteiger partial charge in [-0.3, -0.25) is 0 Å². The van der Waals surface area contributed by atoms with Crippen molar-refractivity contribution in [2.24, 2.45) is 0 Å². The zero-order chi connectivity index (χ0) is 26.8. The van der Waals surface area contributed by atoms with Crippen LogP contribution in [-0.4, -0.2) is 141 Å². The van der Waals surface area contributed by atoms with E-state index in [4.69, 9.17) is 23.7 Å². The molecule has 13 heteroatoms. The molecular weight excluding hydrogens is 484 g/mol. The third kappa shape index (κ3) is 8.50. The van der Waals surface area contributed by atoms with E-state index < -0.39 is 80.7 Å². The van der Waals surface area contributed by atoms with Crippen LogP contribution < -0.4 is 0 Å². The number of unbranched alkanes of at least 4 members (excludes halogenated alkanes) is 2. The van der Waals surface area contributed by atoms with Gasteiger partial charge in [-0.15, -0.1) is 0 Å². The molecule has 2 aliphatic heterocycles. The fourth-order valence-corrected chi connectivity index (χ4v) is 4.22. The molecule has 0 radical (unpaired) electrons. The van der Waals surface area contributed by atoms with Crippen molar-refractivity contribution in [3.8, 4) is 0 Å². The van der Waals surface area contributed by atoms with Gasteiger partial charge in [-0.2, -0.15) is 0 Å². The second kappa shape index (κ2) is 15.8. The lowest BCUT2D eigenvalue weighted by atomic mass is 9.97. The van der Waals surface area contributed by atoms with Gasteiger partial charge >= 0.3 is 0 Å². The second-order valence-corrected chi connectivity index (χ2v) is 9.35. The molecule has 0 aliphatic carbocycles. The molecule has 0 amide bonds. The van der Waals surface area contributed by atoms with Crippen molar-refractivity contribution in [3.63, 3.8) is 0 Å². The number of aliphatic hydroxyl groups is 8. The molecule has 2 heterocycles. The van der Waals surface area contributed by atoms with Gasteiger partial charge in [0.2, 0.25) is 0 Å². The van der Waals surface area contributed by atoms with Gasteiger partial charge in [-0.1, -0.05) is 33.1 Å². The zero-order valence-electron chi connectivity index (χ0n) is 20.9. The Morgan fingerprint density at radius 1 is 0.750 bits per heavy atom. The molecule has 0 aromatic rings. The monoisotopic (exact) mass is 528 g/mol. The Morgan fingerprint density at radius 3 is 2.00 bits per heavy atom. The van der Waals surface area contributed by atoms with E-state index in [1.165, 1.54) is 0 Å². The summed E-state index contributed by atoms with van der Waals surface area (Å²) in [7, 11) is 0. The molecule has 0 saturated carbocycles. The summed E-state index contributed by atoms with van der Waals surface area (Å²) < 4.78 is 27.4. The van der Waals surface area contributed by atoms with Gasteiger partial charge in [0.15, 0.2) is 12.6 Å². The van der Waals surface area contributed by atoms with Crippen molar-refractivity contribution in [2.45, 2.75) is 120 Å². The Morgan fingerprint density at radius 2 is 1.39 bits per heavy atom. The van der Waals surface area contributed by atoms with Gasteiger partial charge < -0.3 is 64.5 Å². The molecule has 2 unspecified atom stereocenters. The Kier molecular flexibility index (Phi) is 13.9. The molecule has 8 N–H and O–H groups in total. The summed E-state index contributed by atoms with van der Waals surface area (Å²) in [5.74, 6) is 0. The Hall–Kier alpha value is -0.520. The fourth-order valence-electron chi connectivity index (χ4n) is 4.22. The number of hydrogen-bond acceptors (Lipinski definition) is 13. The first-order valence-corrected chi connectivity index (χ1v) is 12.7. The van der Waals surface area contributed by atoms with Crippen LogP contribution in [0.5, 0.6) is 0 Å². The van der Waals surface area contributed by atoms with Gasteiger partial charge in [0, 0.05) is 0 Å². The maximum Gasteiger partial charge on any atom is 0.187 e. The maximum absolute atomic E-state index is 10.6. The number of ether oxygens (including phenoxy) is 5. The summed E-state index contributed by atoms with van der Waals surface area (Å²) in [5, 5.41) is 80.4. The minimum absolute atomic E-state index is 0.0161. The second-order valence-electron chi connectivity index (χ2n) is 9.35. The first-order valence-electron chi connectivity index (χ1n) is 12.7. The van der Waals surface area contributed by atoms with Gasteiger partial charge in [-0.25, -0.2) is 0 Å². The van der Waals surface area contributed by atoms with Crippen molar-refractivity contribution in [1.29, 1.82) is 0 Å². The van der Waals surface area contributed by atoms with Crippen molar-refractivity contribution < 1.29 is 64.5 Å². The highest BCUT2D eigenvalue weighted by Gasteiger charge is 2.50. The normalized spacial score (nSPS) is 39.2. The lowest BCUT2D eigenvalue weighted by molar-refractivity contribution is -0.360. The largest absolute Gasteiger partial charge is 0.394 e. The first kappa shape index (κ1) is 31.7. The van der Waals surface area contributed by atoms with E-state index in [9.17, 15) is 40.9 Å². The smallest absolute Gasteiger partial charge is 0.187 e. The van der Waals surface area contributed by atoms with Gasteiger partial charge in [0.1, 0.15) is 54.9 Å². The third-order valence-electron chi connectivity index (χ3n) is 6.52. The summed E-state index contributed by atoms with van der Waals surface area (Å²) in [6.07, 6.45) is -11.4. The van der Waals surface area contributed by atoms with Crippen molar-refractivity contribution in [3.05, 3.63) is 0 Å². The highest BCUT2D eigenvalue weighted by atomic mass is 16.7. The van der Waals surface area contributed by atoms with Crippen LogP contribution in [0.2, 0.25) is 0 Å². The highest BCUT2D eigenvalue weighted by molar-refractivity contribution is 4.94. The summed E-state index contributed by atoms with van der Waals surface area (Å²) >= 11 is 0. The number of aliphatic hydroxyl groups excluding tert-OH is 8. The molecule has 2 fully saturated rings. The van der Waals surface area contributed by atoms with Crippen LogP contribution in [0.4, 0.5) is 0 Å². The average molecular weight is 529 g/mol. The molecule has 13 nitrogen and oxygen atoms in total. The van der Waals surface area contributed by atoms with Crippen LogP contribution in [0.15, 0.2) is 0 Å². The minimum atomic E-state index is -1.75. The molecule has 0 aromatic heterocycles. The molecular formula is C23H44O13. The molecule has 214 valence electrons. The number of hydrogen-bond donors (Lipinski definition) is 8. The standard InChI is InChI=1S/C23H44O13/c1-3-5-6-7-13(4-2)32-10-12(26)11-33-22-20(31)18(29)21(15(9-25)35-22)36-23-19(30)17(28)16(27)14(8-24)34-23/h12-31H,3-11H2,1-2H3/t12?,13?,14-,15-,16-,17+,18-,19-,20-,21-,22-,23-/m1/s1. The third-order valence-corrected chi connectivity index (χ3v) is 6.52. The van der Waals surface area contributed by atoms with E-state index >= 15 is 0 Å². The highest BCUT2D eigenvalue weighted by Crippen LogP contribution is 2.29. The number of rotatable bonds is 15. The van der Waals surface area contributed by atoms with Gasteiger partial charge in [0.05, 0.1) is 32.5 Å². The van der Waals surface area contributed by atoms with Gasteiger partial charge in [-0.05, 0) is 12.8 Å². The summed E-state index contributed by atoms with van der Waals surface area (Å²) in [6.45, 7) is 2.52. The van der Waals surface area contributed by atoms with Crippen molar-refractivity contribution >= 4 is 0 Å². The summed E-state index contributed by atoms with van der Waals surface area (Å²) in [5.41, 5.74) is 0. The minimum Gasteiger partial charge on any atom is -0.394 e. The van der Waals surface area contributed by atoms with Crippen LogP contribution in [0, 0.1) is 0 Å². The molecule has 0 spiro atoms. The van der Waals surface area contributed by atoms with E-state index in [1.54, 1.807) is 0 Å². The van der Waals surface area contributed by atoms with Crippen LogP contribution in [0.1, 0.15) is 46.0 Å². The maximum atomic E-state index is 10.6. The van der Waals surface area contributed by atoms with Crippen LogP contribution >= 0.6 is 0 Å². The van der Waals surface area contributed by atoms with Crippen LogP contribution in [-0.2, 0) is 23.7 Å². The summed E-state index contributed by atoms with van der Waals surface area (Å²) in [6, 6.07) is 0. The zero-order valence-corrected chi connectivity index (χ0v) is 20.9. The van der Waals surface area contributed by atoms with E-state index in [0.29, 0.717) is 0 Å². The Balaban J connectivity index is 1.89. The Labute approximate surface area is 211 Å². The van der Waals surface area contributed by atoms with Crippen LogP contribution in [0.25, 0.3) is 0 Å². The average Bonchev–Trinajstić information content (AvgIpc) is 2.88. The van der Waals surface area contributed by atoms with E-state index in [2.05, 4.69) is 6.92 Å². The molecule has 0 aromatic carbocycles. The molecule has 36 heavy (non-hydrogen) atoms. The predicted octanol–water partition coefficient (Wildman–Crippen LogP) is -2.64. The van der Waals surface area contributed by atoms with E-state index in [0.717, 1.165) is 32.1 Å². The Bertz CT molecular complexity index is 594. The predicted molar refractivity (Wildman–Crippen MR) is 123 cm³/mol. The lowest BCUT2D eigenvalue weighted by Gasteiger charge is -2.46. The molecule has 0 bridgehead atoms. The van der Waals surface area contributed by atoms with Crippen LogP contribution in [0.3, 0.4) is 0 Å². The molecule has 2 rings (SSSR count). The first-order chi connectivity index (χ1) is 17.2. The molecule has 2 saturated heterocycles. The summed E-state index contributed by atoms with van der Waals surface area (Å²) in [4.78, 5) is 0. The SMILES string of the molecule is CCCCCC(CC)OCC(O)CO[C@@H]1O[C@H](CO)[C@@H](O[C@H]2O[C@H](CO)[C@@H](O)[C@H](O)[C@H]2O)[C@H](O)[C@H]1O.